The number of nitrogens with one attached hydrogen (secondary N) is 1. The second-order valence-corrected chi connectivity index (χ2v) is 18.4. The number of aromatic nitrogens is 1. The first kappa shape index (κ1) is 42.3. The second-order valence-electron chi connectivity index (χ2n) is 18.4. The number of ether oxygens (including phenoxy) is 4. The fourth-order valence-corrected chi connectivity index (χ4v) is 13.2. The third-order valence-electron chi connectivity index (χ3n) is 15.3. The molecule has 60 heavy (non-hydrogen) atoms. The van der Waals surface area contributed by atoms with Gasteiger partial charge in [-0.15, -0.1) is 0 Å². The number of methoxy groups -OCH3 is 3. The highest BCUT2D eigenvalue weighted by atomic mass is 16.6. The Balaban J connectivity index is 1.47. The summed E-state index contributed by atoms with van der Waals surface area (Å²) >= 11 is 0. The van der Waals surface area contributed by atoms with E-state index in [4.69, 9.17) is 18.9 Å². The first-order chi connectivity index (χ1) is 28.6. The number of likely N-dealkylation sites (N-methyl/N-ethyl adjacent to an activating group) is 2. The van der Waals surface area contributed by atoms with Crippen molar-refractivity contribution in [1.29, 1.82) is 0 Å². The summed E-state index contributed by atoms with van der Waals surface area (Å²) in [6.07, 6.45) is 5.71. The molecule has 0 radical (unpaired) electrons. The van der Waals surface area contributed by atoms with E-state index in [0.29, 0.717) is 69.6 Å². The molecule has 5 heterocycles. The Kier molecular flexibility index (Phi) is 10.5. The zero-order chi connectivity index (χ0) is 43.2. The van der Waals surface area contributed by atoms with Crippen molar-refractivity contribution in [3.63, 3.8) is 0 Å². The number of H-pyrrole nitrogens is 1. The van der Waals surface area contributed by atoms with E-state index in [0.717, 1.165) is 33.4 Å². The average Bonchev–Trinajstić information content (AvgIpc) is 3.89. The van der Waals surface area contributed by atoms with E-state index < -0.39 is 57.5 Å². The first-order valence-corrected chi connectivity index (χ1v) is 21.5. The van der Waals surface area contributed by atoms with Crippen molar-refractivity contribution in [1.82, 2.24) is 14.8 Å². The highest BCUT2D eigenvalue weighted by molar-refractivity contribution is 5.95. The molecule has 2 fully saturated rings. The molecule has 1 saturated carbocycles. The summed E-state index contributed by atoms with van der Waals surface area (Å²) in [5, 5.41) is 26.5. The van der Waals surface area contributed by atoms with Crippen LogP contribution < -0.4 is 9.64 Å². The van der Waals surface area contributed by atoms with Crippen LogP contribution in [0.3, 0.4) is 0 Å². The predicted octanol–water partition coefficient (Wildman–Crippen LogP) is 4.63. The number of rotatable bonds is 7. The quantitative estimate of drug-likeness (QED) is 0.173. The molecule has 13 nitrogen and oxygen atoms in total. The molecule has 1 aromatic heterocycles. The molecule has 1 aliphatic carbocycles. The molecule has 0 unspecified atom stereocenters. The number of nitrogens with zero attached hydrogens (tertiary/aromatic N) is 3. The van der Waals surface area contributed by atoms with Crippen molar-refractivity contribution in [2.45, 2.75) is 106 Å². The van der Waals surface area contributed by atoms with Crippen LogP contribution in [0.1, 0.15) is 82.2 Å². The minimum absolute atomic E-state index is 0.187. The van der Waals surface area contributed by atoms with E-state index in [1.807, 2.05) is 63.2 Å². The van der Waals surface area contributed by atoms with Gasteiger partial charge in [0.25, 0.3) is 0 Å². The zero-order valence-corrected chi connectivity index (χ0v) is 36.6. The maximum atomic E-state index is 15.3. The number of hydrogen-bond acceptors (Lipinski definition) is 12. The molecule has 4 aliphatic heterocycles. The molecule has 3 N–H and O–H groups in total. The lowest BCUT2D eigenvalue weighted by atomic mass is 9.47. The smallest absolute Gasteiger partial charge is 0.344 e. The number of aromatic amines is 1. The minimum Gasteiger partial charge on any atom is -0.496 e. The lowest BCUT2D eigenvalue weighted by Gasteiger charge is -2.63. The number of hydrogen-bond donors (Lipinski definition) is 3. The average molecular weight is 827 g/mol. The molecule has 13 heteroatoms. The van der Waals surface area contributed by atoms with E-state index in [1.54, 1.807) is 7.11 Å². The van der Waals surface area contributed by atoms with E-state index >= 15 is 4.79 Å². The van der Waals surface area contributed by atoms with E-state index in [9.17, 15) is 19.8 Å². The molecular weight excluding hydrogens is 765 g/mol. The summed E-state index contributed by atoms with van der Waals surface area (Å²) in [7, 11) is 8.16. The maximum absolute atomic E-state index is 15.3. The molecule has 3 aromatic rings. The zero-order valence-electron chi connectivity index (χ0n) is 36.6. The second kappa shape index (κ2) is 14.9. The van der Waals surface area contributed by atoms with E-state index in [-0.39, 0.29) is 18.4 Å². The van der Waals surface area contributed by atoms with Crippen molar-refractivity contribution >= 4 is 34.5 Å². The summed E-state index contributed by atoms with van der Waals surface area (Å²) in [5.74, 6) is -1.70. The lowest BCUT2D eigenvalue weighted by molar-refractivity contribution is -0.228. The monoisotopic (exact) mass is 826 g/mol. The van der Waals surface area contributed by atoms with Gasteiger partial charge in [-0.05, 0) is 81.3 Å². The molecular formula is C47H62N4O9. The Bertz CT molecular complexity index is 2240. The number of carbonyl (C=O) groups is 3. The molecule has 1 spiro atoms. The number of para-hydroxylation sites is 1. The van der Waals surface area contributed by atoms with Gasteiger partial charge in [-0.2, -0.15) is 0 Å². The van der Waals surface area contributed by atoms with Crippen LogP contribution >= 0.6 is 0 Å². The maximum Gasteiger partial charge on any atom is 0.344 e. The van der Waals surface area contributed by atoms with Gasteiger partial charge < -0.3 is 43.9 Å². The van der Waals surface area contributed by atoms with E-state index in [2.05, 4.69) is 39.9 Å². The number of β-amino-alcohol motifs (C(OH)–C–C–N with tert-alkyl or cyclic N) is 1. The number of benzene rings is 2. The topological polar surface area (TPSA) is 154 Å². The largest absolute Gasteiger partial charge is 0.496 e. The van der Waals surface area contributed by atoms with Gasteiger partial charge >= 0.3 is 17.9 Å². The summed E-state index contributed by atoms with van der Waals surface area (Å²) in [6, 6.07) is 10.9. The predicted molar refractivity (Wildman–Crippen MR) is 227 cm³/mol. The number of aliphatic hydroxyl groups is 2. The summed E-state index contributed by atoms with van der Waals surface area (Å²) in [6.45, 7) is 9.83. The van der Waals surface area contributed by atoms with Crippen molar-refractivity contribution < 1.29 is 43.5 Å². The first-order valence-electron chi connectivity index (χ1n) is 21.5. The van der Waals surface area contributed by atoms with Crippen molar-refractivity contribution in [3.05, 3.63) is 70.9 Å². The van der Waals surface area contributed by atoms with Crippen LogP contribution in [0.15, 0.2) is 48.6 Å². The highest BCUT2D eigenvalue weighted by Gasteiger charge is 2.80. The third kappa shape index (κ3) is 5.67. The van der Waals surface area contributed by atoms with Gasteiger partial charge in [0.05, 0.1) is 33.0 Å². The standard InChI is InChI=1S/C47H62N4O9/c1-10-43(55)25-28(3)26-46(41(53)58-8,37-31(17-21-49(5)27-43)30-15-12-13-16-34(30)48-37)33-23-32-35(24-36(33)57-7)50(6)39-45(32)19-22-51-20-14-18-44(11-2,38(45)51)40(60-29(4)52)47(39,56)42(54)59-9/h12-16,18,23-24,28,38-40,48,55-56H,10-11,17,19-22,25-27H2,1-9H3/t28-,38-,39+,40+,43-,44+,45+,46-,47-/m0/s1. The van der Waals surface area contributed by atoms with Gasteiger partial charge in [-0.3, -0.25) is 14.5 Å². The Morgan fingerprint density at radius 2 is 1.67 bits per heavy atom. The molecule has 8 rings (SSSR count). The van der Waals surface area contributed by atoms with Crippen LogP contribution in [0.5, 0.6) is 5.75 Å². The molecule has 0 bridgehead atoms. The van der Waals surface area contributed by atoms with Crippen LogP contribution in [0.25, 0.3) is 10.9 Å². The fraction of sp³-hybridized carbons (Fsp3) is 0.596. The van der Waals surface area contributed by atoms with Crippen molar-refractivity contribution in [2.24, 2.45) is 11.3 Å². The van der Waals surface area contributed by atoms with E-state index in [1.165, 1.54) is 21.1 Å². The number of esters is 3. The van der Waals surface area contributed by atoms with Crippen molar-refractivity contribution in [3.8, 4) is 5.75 Å². The van der Waals surface area contributed by atoms with Gasteiger partial charge in [0, 0.05) is 84.4 Å². The van der Waals surface area contributed by atoms with Gasteiger partial charge in [-0.1, -0.05) is 51.1 Å². The SMILES string of the molecule is CC[C@]1(O)C[C@H](C)C[C@](C(=O)OC)(c2cc3c(cc2OC)N(C)[C@H]2[C@@](O)(C(=O)OC)[C@H](OC(C)=O)[C@]4(CC)C=CCN5CC[C@]32[C@@H]54)c2[nH]c3ccccc3c2CCN(C)C1. The Morgan fingerprint density at radius 3 is 2.33 bits per heavy atom. The summed E-state index contributed by atoms with van der Waals surface area (Å²) in [5.41, 5.74) is -1.89. The van der Waals surface area contributed by atoms with Crippen LogP contribution in [0.4, 0.5) is 5.69 Å². The molecule has 9 atom stereocenters. The lowest BCUT2D eigenvalue weighted by Crippen LogP contribution is -2.81. The Morgan fingerprint density at radius 1 is 0.933 bits per heavy atom. The number of fused-ring (bicyclic) bond motifs is 4. The van der Waals surface area contributed by atoms with Gasteiger partial charge in [0.2, 0.25) is 5.60 Å². The van der Waals surface area contributed by atoms with Gasteiger partial charge in [0.15, 0.2) is 6.10 Å². The third-order valence-corrected chi connectivity index (χ3v) is 15.3. The minimum atomic E-state index is -2.31. The summed E-state index contributed by atoms with van der Waals surface area (Å²) < 4.78 is 23.9. The Labute approximate surface area is 353 Å². The number of anilines is 1. The Hall–Kier alpha value is -4.43. The molecule has 0 amide bonds. The van der Waals surface area contributed by atoms with Gasteiger partial charge in [-0.25, -0.2) is 4.79 Å². The van der Waals surface area contributed by atoms with Crippen LogP contribution in [0, 0.1) is 11.3 Å². The fourth-order valence-electron chi connectivity index (χ4n) is 13.2. The molecule has 5 aliphatic rings. The highest BCUT2D eigenvalue weighted by Crippen LogP contribution is 2.68. The van der Waals surface area contributed by atoms with Crippen LogP contribution in [-0.2, 0) is 45.8 Å². The van der Waals surface area contributed by atoms with Crippen molar-refractivity contribution in [2.75, 3.05) is 66.5 Å². The molecule has 1 saturated heterocycles. The van der Waals surface area contributed by atoms with Crippen LogP contribution in [-0.4, -0.2) is 134 Å². The molecule has 2 aromatic carbocycles. The van der Waals surface area contributed by atoms with Gasteiger partial charge in [0.1, 0.15) is 11.2 Å². The normalized spacial score (nSPS) is 35.1. The number of carbonyl (C=O) groups excluding carboxylic acids is 3. The summed E-state index contributed by atoms with van der Waals surface area (Å²) in [4.78, 5) is 53.0. The van der Waals surface area contributed by atoms with Crippen LogP contribution in [0.2, 0.25) is 0 Å². The molecule has 324 valence electrons.